The average molecular weight is 290 g/mol. The van der Waals surface area contributed by atoms with Crippen molar-refractivity contribution in [2.45, 2.75) is 0 Å². The van der Waals surface area contributed by atoms with Crippen LogP contribution in [0.15, 0.2) is 0 Å². The van der Waals surface area contributed by atoms with E-state index in [0.29, 0.717) is 0 Å². The second kappa shape index (κ2) is 2.92. The molecule has 0 radical (unpaired) electrons. The second-order valence-electron chi connectivity index (χ2n) is 1.29. The van der Waals surface area contributed by atoms with Crippen LogP contribution in [-0.2, 0) is 64.4 Å². The van der Waals surface area contributed by atoms with Gasteiger partial charge < -0.3 is 0 Å². The molecule has 0 saturated carbocycles. The molecule has 0 N–H and O–H groups in total. The van der Waals surface area contributed by atoms with E-state index in [4.69, 9.17) is 0 Å². The summed E-state index contributed by atoms with van der Waals surface area (Å²) >= 11 is -13.3. The molecule has 0 aromatic carbocycles. The summed E-state index contributed by atoms with van der Waals surface area (Å²) in [6.45, 7) is 0. The Labute approximate surface area is 63.1 Å². The fraction of sp³-hybridized carbons (Fsp3) is 0. The van der Waals surface area contributed by atoms with Gasteiger partial charge in [0.1, 0.15) is 0 Å². The molecule has 0 amide bonds. The zero-order valence-electron chi connectivity index (χ0n) is 4.01. The Hall–Kier alpha value is 0.968. The SMILES string of the molecule is [O]=[Y](=[O])(=[O])[O][Y](=[O])(=[O])=[O]. The summed E-state index contributed by atoms with van der Waals surface area (Å²) < 4.78 is 59.5. The van der Waals surface area contributed by atoms with E-state index in [-0.39, 0.29) is 0 Å². The molecule has 0 saturated heterocycles. The summed E-state index contributed by atoms with van der Waals surface area (Å²) in [4.78, 5) is 0. The molecule has 0 atom stereocenters. The van der Waals surface area contributed by atoms with Crippen molar-refractivity contribution in [3.05, 3.63) is 0 Å². The number of hydrogen-bond donors (Lipinski definition) is 0. The summed E-state index contributed by atoms with van der Waals surface area (Å²) in [6.07, 6.45) is 0. The van der Waals surface area contributed by atoms with E-state index in [0.717, 1.165) is 0 Å². The number of hydrogen-bond acceptors (Lipinski definition) is 7. The third-order valence-electron chi connectivity index (χ3n) is 0.333. The molecule has 48 valence electrons. The molecule has 0 aromatic heterocycles. The minimum absolute atomic E-state index is 2.73. The fourth-order valence-electron chi connectivity index (χ4n) is 0.204. The summed E-state index contributed by atoms with van der Waals surface area (Å²) in [7, 11) is 0. The van der Waals surface area contributed by atoms with Crippen molar-refractivity contribution in [1.82, 2.24) is 0 Å². The van der Waals surface area contributed by atoms with Gasteiger partial charge in [-0.05, 0) is 0 Å². The first kappa shape index (κ1) is 9.97. The molecule has 0 unspecified atom stereocenters. The predicted octanol–water partition coefficient (Wildman–Crippen LogP) is -0.786. The van der Waals surface area contributed by atoms with Crippen LogP contribution in [-0.4, -0.2) is 0 Å². The van der Waals surface area contributed by atoms with E-state index in [1.165, 1.54) is 0 Å². The van der Waals surface area contributed by atoms with E-state index in [2.05, 4.69) is -0.634 Å². The predicted molar refractivity (Wildman–Crippen MR) is 5.20 cm³/mol. The van der Waals surface area contributed by atoms with Gasteiger partial charge in [0.15, 0.2) is 0 Å². The number of rotatable bonds is 2. The third-order valence-corrected chi connectivity index (χ3v) is 11.7. The topological polar surface area (TPSA) is 112 Å². The van der Waals surface area contributed by atoms with Crippen LogP contribution >= 0.6 is 0 Å². The van der Waals surface area contributed by atoms with E-state index in [1.54, 1.807) is 0 Å². The van der Waals surface area contributed by atoms with Gasteiger partial charge in [-0.3, -0.25) is 0 Å². The Morgan fingerprint density at radius 1 is 0.667 bits per heavy atom. The zero-order valence-corrected chi connectivity index (χ0v) is 9.69. The summed E-state index contributed by atoms with van der Waals surface area (Å²) in [5.74, 6) is 0. The molecule has 0 bridgehead atoms. The van der Waals surface area contributed by atoms with Gasteiger partial charge in [-0.15, -0.1) is 0 Å². The van der Waals surface area contributed by atoms with E-state index >= 15 is 0 Å². The Kier molecular flexibility index (Phi) is 3.23. The van der Waals surface area contributed by atoms with Crippen molar-refractivity contribution < 1.29 is 64.4 Å². The maximum atomic E-state index is 9.46. The van der Waals surface area contributed by atoms with Crippen LogP contribution in [0.3, 0.4) is 0 Å². The monoisotopic (exact) mass is 290 g/mol. The van der Waals surface area contributed by atoms with Gasteiger partial charge in [-0.1, -0.05) is 0 Å². The Balaban J connectivity index is 4.91. The van der Waals surface area contributed by atoms with Crippen LogP contribution in [0.1, 0.15) is 0 Å². The van der Waals surface area contributed by atoms with Gasteiger partial charge in [0, 0.05) is 0 Å². The van der Waals surface area contributed by atoms with Crippen LogP contribution < -0.4 is 0 Å². The molecular weight excluding hydrogens is 290 g/mol. The molecule has 0 heterocycles. The molecule has 0 aromatic rings. The quantitative estimate of drug-likeness (QED) is 0.655. The van der Waals surface area contributed by atoms with Gasteiger partial charge in [0.25, 0.3) is 0 Å². The summed E-state index contributed by atoms with van der Waals surface area (Å²) in [5.41, 5.74) is 0. The van der Waals surface area contributed by atoms with Crippen molar-refractivity contribution in [3.63, 3.8) is 0 Å². The van der Waals surface area contributed by atoms with Gasteiger partial charge >= 0.3 is 64.4 Å². The van der Waals surface area contributed by atoms with Crippen LogP contribution in [0.25, 0.3) is 0 Å². The summed E-state index contributed by atoms with van der Waals surface area (Å²) in [6, 6.07) is 0. The van der Waals surface area contributed by atoms with Crippen LogP contribution in [0, 0.1) is 0 Å². The van der Waals surface area contributed by atoms with E-state index in [1.807, 2.05) is 0 Å². The average Bonchev–Trinajstić information content (AvgIpc) is 1.14. The van der Waals surface area contributed by atoms with Crippen molar-refractivity contribution >= 4 is 0 Å². The molecule has 0 spiro atoms. The van der Waals surface area contributed by atoms with Crippen LogP contribution in [0.2, 0.25) is 0 Å². The second-order valence-corrected chi connectivity index (χ2v) is 11.6. The molecule has 0 aliphatic heterocycles. The van der Waals surface area contributed by atoms with E-state index < -0.39 is 52.7 Å². The molecule has 0 fully saturated rings. The summed E-state index contributed by atoms with van der Waals surface area (Å²) in [5, 5.41) is 0. The molecule has 9 heteroatoms. The van der Waals surface area contributed by atoms with Crippen LogP contribution in [0.5, 0.6) is 0 Å². The van der Waals surface area contributed by atoms with Crippen molar-refractivity contribution in [2.24, 2.45) is 0 Å². The standard InChI is InChI=1S/7O.2Y. The molecule has 0 rings (SSSR count). The van der Waals surface area contributed by atoms with Crippen molar-refractivity contribution in [3.8, 4) is 0 Å². The normalized spacial score (nSPS) is 6.22. The van der Waals surface area contributed by atoms with Gasteiger partial charge in [-0.25, -0.2) is 0 Å². The van der Waals surface area contributed by atoms with Gasteiger partial charge in [0.05, 0.1) is 0 Å². The maximum absolute atomic E-state index is 9.46. The van der Waals surface area contributed by atoms with Crippen molar-refractivity contribution in [1.29, 1.82) is 0 Å². The first-order valence-corrected chi connectivity index (χ1v) is 11.2. The van der Waals surface area contributed by atoms with Crippen LogP contribution in [0.4, 0.5) is 0 Å². The minimum atomic E-state index is -6.63. The zero-order chi connectivity index (χ0) is 7.71. The third kappa shape index (κ3) is 8.97. The first-order chi connectivity index (χ1) is 3.71. The van der Waals surface area contributed by atoms with Gasteiger partial charge in [0.2, 0.25) is 0 Å². The molecular formula is O7Y2. The Morgan fingerprint density at radius 3 is 0.889 bits per heavy atom. The molecule has 9 heavy (non-hydrogen) atoms. The Bertz CT molecular complexity index is 305. The Morgan fingerprint density at radius 2 is 0.889 bits per heavy atom. The molecule has 7 nitrogen and oxygen atoms in total. The van der Waals surface area contributed by atoms with Crippen molar-refractivity contribution in [2.75, 3.05) is 0 Å². The first-order valence-electron chi connectivity index (χ1n) is 1.89. The van der Waals surface area contributed by atoms with Gasteiger partial charge in [-0.2, -0.15) is 0 Å². The molecule has 0 aliphatic rings. The van der Waals surface area contributed by atoms with E-state index in [9.17, 15) is 12.3 Å². The fourth-order valence-corrected chi connectivity index (χ4v) is 7.14. The molecule has 0 aliphatic carbocycles.